The predicted molar refractivity (Wildman–Crippen MR) is 56.3 cm³/mol. The third kappa shape index (κ3) is 1.13. The average molecular weight is 207 g/mol. The van der Waals surface area contributed by atoms with Crippen LogP contribution in [0.5, 0.6) is 0 Å². The van der Waals surface area contributed by atoms with Crippen LogP contribution in [0.15, 0.2) is 12.7 Å². The summed E-state index contributed by atoms with van der Waals surface area (Å²) in [4.78, 5) is 13.7. The lowest BCUT2D eigenvalue weighted by Crippen LogP contribution is -2.39. The molecule has 2 unspecified atom stereocenters. The molecule has 3 aliphatic rings. The van der Waals surface area contributed by atoms with Gasteiger partial charge in [-0.05, 0) is 24.3 Å². The number of likely N-dealkylation sites (tertiary alicyclic amines) is 1. The fourth-order valence-corrected chi connectivity index (χ4v) is 3.53. The SMILES string of the molecule is C=CC(=O)N1CC2(CCC2)C2COCC21. The van der Waals surface area contributed by atoms with Crippen LogP contribution in [0.1, 0.15) is 19.3 Å². The normalized spacial score (nSPS) is 36.4. The van der Waals surface area contributed by atoms with Crippen LogP contribution in [-0.2, 0) is 9.53 Å². The highest BCUT2D eigenvalue weighted by Crippen LogP contribution is 2.55. The van der Waals surface area contributed by atoms with E-state index in [1.165, 1.54) is 25.3 Å². The molecule has 3 nitrogen and oxygen atoms in total. The summed E-state index contributed by atoms with van der Waals surface area (Å²) in [6.07, 6.45) is 5.31. The molecule has 1 spiro atoms. The van der Waals surface area contributed by atoms with E-state index >= 15 is 0 Å². The average Bonchev–Trinajstić information content (AvgIpc) is 2.73. The summed E-state index contributed by atoms with van der Waals surface area (Å²) in [6, 6.07) is 0.329. The van der Waals surface area contributed by atoms with E-state index in [2.05, 4.69) is 6.58 Å². The summed E-state index contributed by atoms with van der Waals surface area (Å²) in [6.45, 7) is 6.10. The van der Waals surface area contributed by atoms with Gasteiger partial charge in [-0.1, -0.05) is 13.0 Å². The number of carbonyl (C=O) groups excluding carboxylic acids is 1. The molecule has 2 atom stereocenters. The minimum Gasteiger partial charge on any atom is -0.379 e. The first kappa shape index (κ1) is 9.40. The molecule has 82 valence electrons. The zero-order valence-corrected chi connectivity index (χ0v) is 8.95. The van der Waals surface area contributed by atoms with E-state index in [4.69, 9.17) is 4.74 Å². The van der Waals surface area contributed by atoms with E-state index in [0.29, 0.717) is 17.4 Å². The lowest BCUT2D eigenvalue weighted by Gasteiger charge is -2.41. The Kier molecular flexibility index (Phi) is 1.93. The first-order valence-electron chi connectivity index (χ1n) is 5.78. The number of carbonyl (C=O) groups is 1. The van der Waals surface area contributed by atoms with Crippen molar-refractivity contribution in [2.75, 3.05) is 19.8 Å². The maximum Gasteiger partial charge on any atom is 0.246 e. The van der Waals surface area contributed by atoms with Gasteiger partial charge in [0.15, 0.2) is 0 Å². The van der Waals surface area contributed by atoms with Gasteiger partial charge in [-0.15, -0.1) is 0 Å². The summed E-state index contributed by atoms with van der Waals surface area (Å²) in [7, 11) is 0. The number of hydrogen-bond donors (Lipinski definition) is 0. The highest BCUT2D eigenvalue weighted by Gasteiger charge is 2.58. The van der Waals surface area contributed by atoms with Crippen molar-refractivity contribution in [3.8, 4) is 0 Å². The summed E-state index contributed by atoms with van der Waals surface area (Å²) < 4.78 is 5.54. The number of fused-ring (bicyclic) bond motifs is 2. The van der Waals surface area contributed by atoms with Crippen LogP contribution in [0.25, 0.3) is 0 Å². The van der Waals surface area contributed by atoms with Crippen molar-refractivity contribution >= 4 is 5.91 Å². The largest absolute Gasteiger partial charge is 0.379 e. The van der Waals surface area contributed by atoms with Gasteiger partial charge in [0.1, 0.15) is 0 Å². The maximum absolute atomic E-state index is 11.7. The van der Waals surface area contributed by atoms with Crippen LogP contribution < -0.4 is 0 Å². The van der Waals surface area contributed by atoms with Crippen molar-refractivity contribution in [2.45, 2.75) is 25.3 Å². The molecule has 0 bridgehead atoms. The van der Waals surface area contributed by atoms with Crippen LogP contribution >= 0.6 is 0 Å². The molecule has 2 aliphatic heterocycles. The molecule has 0 N–H and O–H groups in total. The summed E-state index contributed by atoms with van der Waals surface area (Å²) in [5.41, 5.74) is 0.403. The van der Waals surface area contributed by atoms with Gasteiger partial charge in [0.25, 0.3) is 0 Å². The van der Waals surface area contributed by atoms with E-state index < -0.39 is 0 Å². The number of nitrogens with zero attached hydrogens (tertiary/aromatic N) is 1. The Morgan fingerprint density at radius 2 is 2.27 bits per heavy atom. The topological polar surface area (TPSA) is 29.5 Å². The minimum atomic E-state index is 0.0827. The van der Waals surface area contributed by atoms with Gasteiger partial charge in [0.05, 0.1) is 19.3 Å². The first-order valence-corrected chi connectivity index (χ1v) is 5.78. The second-order valence-electron chi connectivity index (χ2n) is 5.10. The molecule has 3 fully saturated rings. The van der Waals surface area contributed by atoms with Crippen LogP contribution in [0.4, 0.5) is 0 Å². The molecule has 15 heavy (non-hydrogen) atoms. The zero-order valence-electron chi connectivity index (χ0n) is 8.95. The molecular formula is C12H17NO2. The van der Waals surface area contributed by atoms with Gasteiger partial charge in [-0.3, -0.25) is 4.79 Å². The molecule has 2 heterocycles. The molecule has 2 saturated heterocycles. The van der Waals surface area contributed by atoms with E-state index in [0.717, 1.165) is 19.8 Å². The summed E-state index contributed by atoms with van der Waals surface area (Å²) in [5, 5.41) is 0. The van der Waals surface area contributed by atoms with Crippen molar-refractivity contribution in [3.05, 3.63) is 12.7 Å². The first-order chi connectivity index (χ1) is 7.27. The molecule has 3 heteroatoms. The Hall–Kier alpha value is -0.830. The van der Waals surface area contributed by atoms with Gasteiger partial charge in [-0.2, -0.15) is 0 Å². The number of rotatable bonds is 1. The molecule has 0 aromatic carbocycles. The Morgan fingerprint density at radius 3 is 2.87 bits per heavy atom. The Morgan fingerprint density at radius 1 is 1.47 bits per heavy atom. The maximum atomic E-state index is 11.7. The van der Waals surface area contributed by atoms with E-state index in [1.807, 2.05) is 4.90 Å². The van der Waals surface area contributed by atoms with Crippen molar-refractivity contribution in [1.82, 2.24) is 4.90 Å². The zero-order chi connectivity index (χ0) is 10.5. The summed E-state index contributed by atoms with van der Waals surface area (Å²) >= 11 is 0. The van der Waals surface area contributed by atoms with Crippen molar-refractivity contribution in [3.63, 3.8) is 0 Å². The van der Waals surface area contributed by atoms with Crippen molar-refractivity contribution < 1.29 is 9.53 Å². The number of hydrogen-bond acceptors (Lipinski definition) is 2. The fourth-order valence-electron chi connectivity index (χ4n) is 3.53. The second kappa shape index (κ2) is 3.08. The summed E-state index contributed by atoms with van der Waals surface area (Å²) in [5.74, 6) is 0.675. The lowest BCUT2D eigenvalue weighted by atomic mass is 9.62. The Balaban J connectivity index is 1.87. The second-order valence-corrected chi connectivity index (χ2v) is 5.10. The van der Waals surface area contributed by atoms with E-state index in [9.17, 15) is 4.79 Å². The van der Waals surface area contributed by atoms with Crippen molar-refractivity contribution in [1.29, 1.82) is 0 Å². The van der Waals surface area contributed by atoms with E-state index in [1.54, 1.807) is 0 Å². The van der Waals surface area contributed by atoms with Crippen molar-refractivity contribution in [2.24, 2.45) is 11.3 Å². The quantitative estimate of drug-likeness (QED) is 0.605. The minimum absolute atomic E-state index is 0.0827. The third-order valence-electron chi connectivity index (χ3n) is 4.53. The highest BCUT2D eigenvalue weighted by molar-refractivity contribution is 5.87. The van der Waals surface area contributed by atoms with Crippen LogP contribution in [-0.4, -0.2) is 36.6 Å². The number of amides is 1. The molecule has 1 amide bonds. The van der Waals surface area contributed by atoms with Gasteiger partial charge in [-0.25, -0.2) is 0 Å². The molecule has 3 rings (SSSR count). The van der Waals surface area contributed by atoms with Crippen LogP contribution in [0, 0.1) is 11.3 Å². The molecular weight excluding hydrogens is 190 g/mol. The van der Waals surface area contributed by atoms with E-state index in [-0.39, 0.29) is 5.91 Å². The van der Waals surface area contributed by atoms with Crippen LogP contribution in [0.3, 0.4) is 0 Å². The van der Waals surface area contributed by atoms with Gasteiger partial charge >= 0.3 is 0 Å². The van der Waals surface area contributed by atoms with Crippen LogP contribution in [0.2, 0.25) is 0 Å². The molecule has 1 saturated carbocycles. The van der Waals surface area contributed by atoms with Gasteiger partial charge in [0.2, 0.25) is 5.91 Å². The van der Waals surface area contributed by atoms with Gasteiger partial charge < -0.3 is 9.64 Å². The Bertz CT molecular complexity index is 309. The fraction of sp³-hybridized carbons (Fsp3) is 0.750. The molecule has 1 aliphatic carbocycles. The number of ether oxygens (including phenoxy) is 1. The third-order valence-corrected chi connectivity index (χ3v) is 4.53. The molecule has 0 aromatic heterocycles. The molecule has 0 aromatic rings. The smallest absolute Gasteiger partial charge is 0.246 e. The predicted octanol–water partition coefficient (Wildman–Crippen LogP) is 1.20. The Labute approximate surface area is 90.1 Å². The van der Waals surface area contributed by atoms with Gasteiger partial charge in [0, 0.05) is 12.5 Å². The highest BCUT2D eigenvalue weighted by atomic mass is 16.5. The lowest BCUT2D eigenvalue weighted by molar-refractivity contribution is -0.127. The monoisotopic (exact) mass is 207 g/mol. The molecule has 0 radical (unpaired) electrons. The standard InChI is InChI=1S/C12H17NO2/c1-2-11(14)13-8-12(4-3-5-12)9-6-15-7-10(9)13/h2,9-10H,1,3-8H2.